The Hall–Kier alpha value is -1.78. The lowest BCUT2D eigenvalue weighted by Gasteiger charge is -2.12. The first-order valence-corrected chi connectivity index (χ1v) is 7.83. The zero-order valence-corrected chi connectivity index (χ0v) is 12.0. The molecule has 108 valence electrons. The van der Waals surface area contributed by atoms with Crippen molar-refractivity contribution in [2.45, 2.75) is 23.6 Å². The van der Waals surface area contributed by atoms with Crippen LogP contribution in [0.4, 0.5) is 0 Å². The summed E-state index contributed by atoms with van der Waals surface area (Å²) in [6.45, 7) is 1.67. The summed E-state index contributed by atoms with van der Waals surface area (Å²) in [5, 5.41) is 9.70. The van der Waals surface area contributed by atoms with E-state index < -0.39 is 22.0 Å². The van der Waals surface area contributed by atoms with Gasteiger partial charge in [-0.1, -0.05) is 0 Å². The van der Waals surface area contributed by atoms with E-state index in [-0.39, 0.29) is 10.6 Å². The lowest BCUT2D eigenvalue weighted by molar-refractivity contribution is -0.138. The second kappa shape index (κ2) is 5.69. The largest absolute Gasteiger partial charge is 0.480 e. The first kappa shape index (κ1) is 14.6. The van der Waals surface area contributed by atoms with Gasteiger partial charge in [-0.3, -0.25) is 4.79 Å². The number of nitrogens with zero attached hydrogens (tertiary/aromatic N) is 2. The summed E-state index contributed by atoms with van der Waals surface area (Å²) in [6, 6.07) is -1.28. The Kier molecular flexibility index (Phi) is 4.16. The summed E-state index contributed by atoms with van der Waals surface area (Å²) in [7, 11) is -3.90. The van der Waals surface area contributed by atoms with Crippen LogP contribution in [0.25, 0.3) is 0 Å². The number of hydrogen-bond donors (Lipinski definition) is 3. The summed E-state index contributed by atoms with van der Waals surface area (Å²) in [5.41, 5.74) is 0.528. The van der Waals surface area contributed by atoms with Crippen LogP contribution in [0.15, 0.2) is 22.9 Å². The Morgan fingerprint density at radius 2 is 2.30 bits per heavy atom. The number of hydrogen-bond acceptors (Lipinski definition) is 6. The van der Waals surface area contributed by atoms with Crippen LogP contribution in [0.1, 0.15) is 10.7 Å². The minimum Gasteiger partial charge on any atom is -0.480 e. The third-order valence-electron chi connectivity index (χ3n) is 2.44. The molecular formula is C10H12N4O4S2. The van der Waals surface area contributed by atoms with Gasteiger partial charge in [0.2, 0.25) is 0 Å². The van der Waals surface area contributed by atoms with Crippen molar-refractivity contribution in [3.8, 4) is 0 Å². The van der Waals surface area contributed by atoms with E-state index in [1.54, 1.807) is 6.92 Å². The molecule has 1 atom stereocenters. The van der Waals surface area contributed by atoms with Gasteiger partial charge in [-0.15, -0.1) is 11.3 Å². The molecule has 0 unspecified atom stereocenters. The number of imidazole rings is 1. The Balaban J connectivity index is 2.17. The maximum absolute atomic E-state index is 12.1. The van der Waals surface area contributed by atoms with Gasteiger partial charge in [-0.2, -0.15) is 4.72 Å². The molecule has 0 bridgehead atoms. The lowest BCUT2D eigenvalue weighted by atomic mass is 10.2. The number of aromatic amines is 1. The SMILES string of the molecule is Cc1ncc(S(=O)(=O)N[C@@H](Cc2cnc[nH]2)C(=O)O)s1. The third-order valence-corrected chi connectivity index (χ3v) is 5.28. The van der Waals surface area contributed by atoms with E-state index >= 15 is 0 Å². The molecule has 0 aliphatic heterocycles. The molecule has 2 aromatic heterocycles. The first-order valence-electron chi connectivity index (χ1n) is 5.53. The van der Waals surface area contributed by atoms with Crippen molar-refractivity contribution in [1.29, 1.82) is 0 Å². The van der Waals surface area contributed by atoms with Crippen LogP contribution in [-0.2, 0) is 21.2 Å². The smallest absolute Gasteiger partial charge is 0.322 e. The summed E-state index contributed by atoms with van der Waals surface area (Å²) in [5.74, 6) is -1.26. The van der Waals surface area contributed by atoms with Gasteiger partial charge in [-0.25, -0.2) is 18.4 Å². The van der Waals surface area contributed by atoms with Crippen molar-refractivity contribution in [2.75, 3.05) is 0 Å². The number of sulfonamides is 1. The number of aryl methyl sites for hydroxylation is 1. The van der Waals surface area contributed by atoms with E-state index in [2.05, 4.69) is 19.7 Å². The van der Waals surface area contributed by atoms with Gasteiger partial charge >= 0.3 is 5.97 Å². The lowest BCUT2D eigenvalue weighted by Crippen LogP contribution is -2.42. The van der Waals surface area contributed by atoms with Gasteiger partial charge in [0.25, 0.3) is 10.0 Å². The number of carbonyl (C=O) groups is 1. The molecule has 10 heteroatoms. The highest BCUT2D eigenvalue weighted by atomic mass is 32.2. The quantitative estimate of drug-likeness (QED) is 0.696. The predicted molar refractivity (Wildman–Crippen MR) is 70.9 cm³/mol. The maximum atomic E-state index is 12.1. The Morgan fingerprint density at radius 3 is 2.80 bits per heavy atom. The molecule has 0 fully saturated rings. The van der Waals surface area contributed by atoms with Gasteiger partial charge in [0.05, 0.1) is 17.5 Å². The van der Waals surface area contributed by atoms with Crippen LogP contribution in [-0.4, -0.2) is 40.5 Å². The van der Waals surface area contributed by atoms with Crippen molar-refractivity contribution in [3.63, 3.8) is 0 Å². The topological polar surface area (TPSA) is 125 Å². The Morgan fingerprint density at radius 1 is 1.55 bits per heavy atom. The fraction of sp³-hybridized carbons (Fsp3) is 0.300. The number of carboxylic acid groups (broad SMARTS) is 1. The van der Waals surface area contributed by atoms with Gasteiger partial charge in [0.1, 0.15) is 6.04 Å². The average molecular weight is 316 g/mol. The highest BCUT2D eigenvalue weighted by molar-refractivity contribution is 7.91. The first-order chi connectivity index (χ1) is 9.38. The van der Waals surface area contributed by atoms with Crippen LogP contribution in [0.2, 0.25) is 0 Å². The van der Waals surface area contributed by atoms with Crippen molar-refractivity contribution in [1.82, 2.24) is 19.7 Å². The van der Waals surface area contributed by atoms with Crippen molar-refractivity contribution < 1.29 is 18.3 Å². The van der Waals surface area contributed by atoms with Crippen molar-refractivity contribution in [2.24, 2.45) is 0 Å². The molecule has 0 aliphatic rings. The van der Waals surface area contributed by atoms with Gasteiger partial charge in [-0.05, 0) is 6.92 Å². The van der Waals surface area contributed by atoms with Crippen LogP contribution in [0.5, 0.6) is 0 Å². The Bertz CT molecular complexity index is 693. The predicted octanol–water partition coefficient (Wildman–Crippen LogP) is 0.149. The van der Waals surface area contributed by atoms with Gasteiger partial charge in [0.15, 0.2) is 4.21 Å². The average Bonchev–Trinajstić information content (AvgIpc) is 2.99. The highest BCUT2D eigenvalue weighted by Gasteiger charge is 2.27. The zero-order valence-electron chi connectivity index (χ0n) is 10.4. The number of nitrogens with one attached hydrogen (secondary N) is 2. The Labute approximate surface area is 119 Å². The molecule has 0 saturated carbocycles. The monoisotopic (exact) mass is 316 g/mol. The number of carboxylic acids is 1. The molecule has 0 aromatic carbocycles. The second-order valence-corrected chi connectivity index (χ2v) is 7.17. The molecule has 0 spiro atoms. The highest BCUT2D eigenvalue weighted by Crippen LogP contribution is 2.18. The van der Waals surface area contributed by atoms with E-state index in [0.29, 0.717) is 10.7 Å². The van der Waals surface area contributed by atoms with Gasteiger partial charge < -0.3 is 10.1 Å². The molecule has 2 heterocycles. The molecule has 20 heavy (non-hydrogen) atoms. The number of aliphatic carboxylic acids is 1. The molecule has 0 amide bonds. The van der Waals surface area contributed by atoms with Crippen LogP contribution < -0.4 is 4.72 Å². The fourth-order valence-corrected chi connectivity index (χ4v) is 3.82. The standard InChI is InChI=1S/C10H12N4O4S2/c1-6-12-4-9(19-6)20(17,18)14-8(10(15)16)2-7-3-11-5-13-7/h3-5,8,14H,2H2,1H3,(H,11,13)(H,15,16)/t8-/m0/s1. The normalized spacial score (nSPS) is 13.2. The molecule has 3 N–H and O–H groups in total. The molecule has 0 saturated heterocycles. The van der Waals surface area contributed by atoms with Crippen molar-refractivity contribution in [3.05, 3.63) is 29.4 Å². The third kappa shape index (κ3) is 3.40. The van der Waals surface area contributed by atoms with Gasteiger partial charge in [0, 0.05) is 18.3 Å². The maximum Gasteiger partial charge on any atom is 0.322 e. The minimum absolute atomic E-state index is 0.00846. The van der Waals surface area contributed by atoms with Crippen LogP contribution in [0.3, 0.4) is 0 Å². The zero-order chi connectivity index (χ0) is 14.8. The summed E-state index contributed by atoms with van der Waals surface area (Å²) in [6.07, 6.45) is 4.03. The van der Waals surface area contributed by atoms with E-state index in [9.17, 15) is 13.2 Å². The molecule has 0 radical (unpaired) electrons. The molecule has 2 rings (SSSR count). The van der Waals surface area contributed by atoms with E-state index in [1.807, 2.05) is 0 Å². The van der Waals surface area contributed by atoms with E-state index in [4.69, 9.17) is 5.11 Å². The van der Waals surface area contributed by atoms with Crippen molar-refractivity contribution >= 4 is 27.3 Å². The number of aromatic nitrogens is 3. The number of thiazole rings is 1. The van der Waals surface area contributed by atoms with E-state index in [1.165, 1.54) is 18.7 Å². The second-order valence-electron chi connectivity index (χ2n) is 3.99. The summed E-state index contributed by atoms with van der Waals surface area (Å²) in [4.78, 5) is 21.5. The van der Waals surface area contributed by atoms with Crippen LogP contribution in [0, 0.1) is 6.92 Å². The number of H-pyrrole nitrogens is 1. The summed E-state index contributed by atoms with van der Waals surface area (Å²) >= 11 is 0.982. The van der Waals surface area contributed by atoms with Crippen LogP contribution >= 0.6 is 11.3 Å². The minimum atomic E-state index is -3.90. The number of rotatable bonds is 6. The molecule has 0 aliphatic carbocycles. The molecule has 8 nitrogen and oxygen atoms in total. The molecule has 2 aromatic rings. The fourth-order valence-electron chi connectivity index (χ4n) is 1.51. The summed E-state index contributed by atoms with van der Waals surface area (Å²) < 4.78 is 26.3. The van der Waals surface area contributed by atoms with E-state index in [0.717, 1.165) is 11.3 Å². The molecular weight excluding hydrogens is 304 g/mol.